The number of nitrogens with zero attached hydrogens (tertiary/aromatic N) is 1. The zero-order valence-electron chi connectivity index (χ0n) is 8.21. The number of likely N-dealkylation sites (tertiary alicyclic amines) is 1. The number of hydrogen-bond donors (Lipinski definition) is 2. The Morgan fingerprint density at radius 1 is 1.31 bits per heavy atom. The van der Waals surface area contributed by atoms with Crippen molar-refractivity contribution in [2.45, 2.75) is 37.8 Å². The van der Waals surface area contributed by atoms with Crippen LogP contribution in [-0.4, -0.2) is 48.3 Å². The summed E-state index contributed by atoms with van der Waals surface area (Å²) in [6.45, 7) is 4.38. The zero-order valence-corrected chi connectivity index (χ0v) is 8.21. The van der Waals surface area contributed by atoms with Gasteiger partial charge in [-0.05, 0) is 38.8 Å². The molecule has 2 N–H and O–H groups in total. The van der Waals surface area contributed by atoms with E-state index in [0.29, 0.717) is 6.04 Å². The normalized spacial score (nSPS) is 36.7. The molecule has 0 aromatic carbocycles. The standard InChI is InChI=1S/C10H20N2O/c13-10-4-2-6-12(8-10)7-9-3-1-5-11-9/h9-11,13H,1-8H2. The molecule has 2 unspecified atom stereocenters. The Morgan fingerprint density at radius 3 is 2.92 bits per heavy atom. The molecule has 3 heteroatoms. The van der Waals surface area contributed by atoms with Crippen molar-refractivity contribution in [3.63, 3.8) is 0 Å². The van der Waals surface area contributed by atoms with Crippen LogP contribution in [0.5, 0.6) is 0 Å². The topological polar surface area (TPSA) is 35.5 Å². The number of β-amino-alcohol motifs (C(OH)–C–C–N with tert-alkyl or cyclic N) is 1. The molecule has 2 heterocycles. The van der Waals surface area contributed by atoms with Gasteiger partial charge in [0, 0.05) is 19.1 Å². The van der Waals surface area contributed by atoms with Gasteiger partial charge >= 0.3 is 0 Å². The van der Waals surface area contributed by atoms with Crippen LogP contribution in [0, 0.1) is 0 Å². The quantitative estimate of drug-likeness (QED) is 0.643. The first-order valence-electron chi connectivity index (χ1n) is 5.48. The Kier molecular flexibility index (Phi) is 3.19. The molecule has 0 spiro atoms. The van der Waals surface area contributed by atoms with Crippen LogP contribution in [0.4, 0.5) is 0 Å². The van der Waals surface area contributed by atoms with Crippen LogP contribution in [0.3, 0.4) is 0 Å². The fourth-order valence-corrected chi connectivity index (χ4v) is 2.42. The predicted octanol–water partition coefficient (Wildman–Crippen LogP) is 0.195. The molecule has 2 rings (SSSR count). The van der Waals surface area contributed by atoms with Crippen LogP contribution < -0.4 is 5.32 Å². The lowest BCUT2D eigenvalue weighted by Gasteiger charge is -2.31. The highest BCUT2D eigenvalue weighted by Crippen LogP contribution is 2.13. The van der Waals surface area contributed by atoms with Gasteiger partial charge in [-0.2, -0.15) is 0 Å². The van der Waals surface area contributed by atoms with Crippen molar-refractivity contribution in [3.8, 4) is 0 Å². The van der Waals surface area contributed by atoms with E-state index in [4.69, 9.17) is 0 Å². The van der Waals surface area contributed by atoms with Crippen molar-refractivity contribution >= 4 is 0 Å². The van der Waals surface area contributed by atoms with Crippen LogP contribution in [0.1, 0.15) is 25.7 Å². The molecule has 0 aromatic heterocycles. The van der Waals surface area contributed by atoms with Crippen molar-refractivity contribution in [2.75, 3.05) is 26.2 Å². The van der Waals surface area contributed by atoms with E-state index in [0.717, 1.165) is 25.9 Å². The van der Waals surface area contributed by atoms with Crippen molar-refractivity contribution in [1.82, 2.24) is 10.2 Å². The summed E-state index contributed by atoms with van der Waals surface area (Å²) in [5.41, 5.74) is 0. The first kappa shape index (κ1) is 9.44. The van der Waals surface area contributed by atoms with Gasteiger partial charge in [0.25, 0.3) is 0 Å². The number of piperidine rings is 1. The molecule has 2 atom stereocenters. The fourth-order valence-electron chi connectivity index (χ4n) is 2.42. The Bertz CT molecular complexity index is 157. The summed E-state index contributed by atoms with van der Waals surface area (Å²) in [6.07, 6.45) is 4.71. The third kappa shape index (κ3) is 2.66. The van der Waals surface area contributed by atoms with E-state index in [9.17, 15) is 5.11 Å². The van der Waals surface area contributed by atoms with Gasteiger partial charge in [-0.3, -0.25) is 4.90 Å². The average Bonchev–Trinajstić information content (AvgIpc) is 2.57. The molecule has 2 aliphatic heterocycles. The summed E-state index contributed by atoms with van der Waals surface area (Å²) in [7, 11) is 0. The number of hydrogen-bond acceptors (Lipinski definition) is 3. The highest BCUT2D eigenvalue weighted by atomic mass is 16.3. The minimum Gasteiger partial charge on any atom is -0.392 e. The van der Waals surface area contributed by atoms with Crippen LogP contribution >= 0.6 is 0 Å². The molecule has 2 aliphatic rings. The van der Waals surface area contributed by atoms with E-state index in [1.807, 2.05) is 0 Å². The minimum absolute atomic E-state index is 0.0739. The predicted molar refractivity (Wildman–Crippen MR) is 52.7 cm³/mol. The molecule has 3 nitrogen and oxygen atoms in total. The van der Waals surface area contributed by atoms with Crippen LogP contribution in [0.25, 0.3) is 0 Å². The molecule has 0 amide bonds. The first-order chi connectivity index (χ1) is 6.34. The molecule has 0 aliphatic carbocycles. The first-order valence-corrected chi connectivity index (χ1v) is 5.48. The number of aliphatic hydroxyl groups excluding tert-OH is 1. The van der Waals surface area contributed by atoms with Crippen molar-refractivity contribution in [3.05, 3.63) is 0 Å². The average molecular weight is 184 g/mol. The van der Waals surface area contributed by atoms with E-state index in [-0.39, 0.29) is 6.10 Å². The molecule has 76 valence electrons. The van der Waals surface area contributed by atoms with Crippen LogP contribution in [-0.2, 0) is 0 Å². The highest BCUT2D eigenvalue weighted by Gasteiger charge is 2.22. The molecule has 0 radical (unpaired) electrons. The maximum Gasteiger partial charge on any atom is 0.0667 e. The summed E-state index contributed by atoms with van der Waals surface area (Å²) in [6, 6.07) is 0.685. The molecule has 0 saturated carbocycles. The number of aliphatic hydroxyl groups is 1. The summed E-state index contributed by atoms with van der Waals surface area (Å²) < 4.78 is 0. The largest absolute Gasteiger partial charge is 0.392 e. The van der Waals surface area contributed by atoms with Gasteiger partial charge in [0.05, 0.1) is 6.10 Å². The summed E-state index contributed by atoms with van der Waals surface area (Å²) in [5, 5.41) is 13.0. The van der Waals surface area contributed by atoms with E-state index in [1.165, 1.54) is 25.9 Å². The number of rotatable bonds is 2. The molecule has 2 fully saturated rings. The lowest BCUT2D eigenvalue weighted by molar-refractivity contribution is 0.0666. The third-order valence-electron chi connectivity index (χ3n) is 3.12. The van der Waals surface area contributed by atoms with Crippen LogP contribution in [0.15, 0.2) is 0 Å². The Hall–Kier alpha value is -0.120. The van der Waals surface area contributed by atoms with Gasteiger partial charge in [0.1, 0.15) is 0 Å². The van der Waals surface area contributed by atoms with E-state index in [2.05, 4.69) is 10.2 Å². The van der Waals surface area contributed by atoms with Gasteiger partial charge in [-0.15, -0.1) is 0 Å². The Labute approximate surface area is 80.1 Å². The second-order valence-corrected chi connectivity index (χ2v) is 4.35. The summed E-state index contributed by atoms with van der Waals surface area (Å²) >= 11 is 0. The van der Waals surface area contributed by atoms with E-state index < -0.39 is 0 Å². The van der Waals surface area contributed by atoms with Gasteiger partial charge in [-0.1, -0.05) is 0 Å². The van der Waals surface area contributed by atoms with Gasteiger partial charge in [-0.25, -0.2) is 0 Å². The maximum absolute atomic E-state index is 9.49. The second-order valence-electron chi connectivity index (χ2n) is 4.35. The van der Waals surface area contributed by atoms with Gasteiger partial charge in [0.2, 0.25) is 0 Å². The molecule has 0 bridgehead atoms. The maximum atomic E-state index is 9.49. The monoisotopic (exact) mass is 184 g/mol. The van der Waals surface area contributed by atoms with E-state index in [1.54, 1.807) is 0 Å². The zero-order chi connectivity index (χ0) is 9.10. The Morgan fingerprint density at radius 2 is 2.23 bits per heavy atom. The lowest BCUT2D eigenvalue weighted by Crippen LogP contribution is -2.44. The smallest absolute Gasteiger partial charge is 0.0667 e. The van der Waals surface area contributed by atoms with Crippen LogP contribution in [0.2, 0.25) is 0 Å². The molecular weight excluding hydrogens is 164 g/mol. The molecule has 0 aromatic rings. The number of nitrogens with one attached hydrogen (secondary N) is 1. The lowest BCUT2D eigenvalue weighted by atomic mass is 10.1. The highest BCUT2D eigenvalue weighted by molar-refractivity contribution is 4.80. The Balaban J connectivity index is 1.73. The fraction of sp³-hybridized carbons (Fsp3) is 1.00. The third-order valence-corrected chi connectivity index (χ3v) is 3.12. The minimum atomic E-state index is -0.0739. The van der Waals surface area contributed by atoms with Crippen molar-refractivity contribution in [2.24, 2.45) is 0 Å². The van der Waals surface area contributed by atoms with E-state index >= 15 is 0 Å². The molecule has 13 heavy (non-hydrogen) atoms. The molecule has 2 saturated heterocycles. The SMILES string of the molecule is OC1CCCN(CC2CCCN2)C1. The van der Waals surface area contributed by atoms with Gasteiger partial charge in [0.15, 0.2) is 0 Å². The molecular formula is C10H20N2O. The summed E-state index contributed by atoms with van der Waals surface area (Å²) in [4.78, 5) is 2.40. The summed E-state index contributed by atoms with van der Waals surface area (Å²) in [5.74, 6) is 0. The van der Waals surface area contributed by atoms with Crippen molar-refractivity contribution < 1.29 is 5.11 Å². The second kappa shape index (κ2) is 4.40. The van der Waals surface area contributed by atoms with Gasteiger partial charge < -0.3 is 10.4 Å². The van der Waals surface area contributed by atoms with Crippen molar-refractivity contribution in [1.29, 1.82) is 0 Å².